The summed E-state index contributed by atoms with van der Waals surface area (Å²) < 4.78 is 7.87. The van der Waals surface area contributed by atoms with Gasteiger partial charge in [0.1, 0.15) is 0 Å². The molecule has 3 heterocycles. The first-order valence-electron chi connectivity index (χ1n) is 12.5. The summed E-state index contributed by atoms with van der Waals surface area (Å²) >= 11 is 3.79. The largest absolute Gasteiger partial charge is 0.309 e. The van der Waals surface area contributed by atoms with E-state index >= 15 is 0 Å². The van der Waals surface area contributed by atoms with Gasteiger partial charge in [0.05, 0.1) is 11.0 Å². The predicted molar refractivity (Wildman–Crippen MR) is 164 cm³/mol. The lowest BCUT2D eigenvalue weighted by Crippen LogP contribution is -1.93. The van der Waals surface area contributed by atoms with Crippen LogP contribution in [0.4, 0.5) is 0 Å². The molecule has 0 saturated carbocycles. The highest BCUT2D eigenvalue weighted by Gasteiger charge is 2.21. The number of benzene rings is 6. The zero-order valence-electron chi connectivity index (χ0n) is 19.7. The van der Waals surface area contributed by atoms with Gasteiger partial charge in [-0.05, 0) is 59.3 Å². The smallest absolute Gasteiger partial charge is 0.0548 e. The molecule has 6 aromatic carbocycles. The molecule has 3 aromatic heterocycles. The van der Waals surface area contributed by atoms with Crippen LogP contribution < -0.4 is 0 Å². The third kappa shape index (κ3) is 2.63. The number of nitrogens with zero attached hydrogens (tertiary/aromatic N) is 1. The number of aromatic nitrogens is 1. The van der Waals surface area contributed by atoms with E-state index in [2.05, 4.69) is 120 Å². The molecule has 0 saturated heterocycles. The molecule has 0 aliphatic heterocycles. The second-order valence-corrected chi connectivity index (χ2v) is 11.9. The highest BCUT2D eigenvalue weighted by molar-refractivity contribution is 7.26. The fourth-order valence-electron chi connectivity index (χ4n) is 6.21. The third-order valence-electron chi connectivity index (χ3n) is 7.77. The van der Waals surface area contributed by atoms with E-state index in [1.54, 1.807) is 0 Å². The van der Waals surface area contributed by atoms with Crippen molar-refractivity contribution in [1.82, 2.24) is 4.57 Å². The number of rotatable bonds is 1. The van der Waals surface area contributed by atoms with Crippen LogP contribution >= 0.6 is 22.7 Å². The van der Waals surface area contributed by atoms with E-state index in [4.69, 9.17) is 0 Å². The number of fused-ring (bicyclic) bond motifs is 12. The standard InChI is InChI=1S/C34H19NS2/c1-2-8-21-19-22(14-13-20(21)7-1)35-25-15-17-29-31(23-9-3-5-11-27(23)36-29)33(25)34-26(35)16-18-30-32(34)24-10-4-6-12-28(24)37-30/h1-19H. The molecule has 0 aliphatic carbocycles. The topological polar surface area (TPSA) is 4.93 Å². The highest BCUT2D eigenvalue weighted by atomic mass is 32.1. The van der Waals surface area contributed by atoms with Gasteiger partial charge in [-0.3, -0.25) is 0 Å². The Morgan fingerprint density at radius 1 is 0.405 bits per heavy atom. The van der Waals surface area contributed by atoms with E-state index in [0.717, 1.165) is 0 Å². The Balaban J connectivity index is 1.58. The van der Waals surface area contributed by atoms with Gasteiger partial charge in [0.2, 0.25) is 0 Å². The summed E-state index contributed by atoms with van der Waals surface area (Å²) in [5.74, 6) is 0. The summed E-state index contributed by atoms with van der Waals surface area (Å²) in [6, 6.07) is 42.5. The number of hydrogen-bond acceptors (Lipinski definition) is 2. The van der Waals surface area contributed by atoms with Gasteiger partial charge in [-0.25, -0.2) is 0 Å². The van der Waals surface area contributed by atoms with Crippen LogP contribution in [0.2, 0.25) is 0 Å². The van der Waals surface area contributed by atoms with Crippen molar-refractivity contribution in [3.05, 3.63) is 115 Å². The van der Waals surface area contributed by atoms with E-state index in [9.17, 15) is 0 Å². The molecule has 0 fully saturated rings. The van der Waals surface area contributed by atoms with Crippen LogP contribution in [0.1, 0.15) is 0 Å². The lowest BCUT2D eigenvalue weighted by molar-refractivity contribution is 1.19. The van der Waals surface area contributed by atoms with Crippen molar-refractivity contribution in [2.75, 3.05) is 0 Å². The highest BCUT2D eigenvalue weighted by Crippen LogP contribution is 2.48. The molecule has 1 nitrogen and oxygen atoms in total. The van der Waals surface area contributed by atoms with Gasteiger partial charge in [0, 0.05) is 56.8 Å². The van der Waals surface area contributed by atoms with Gasteiger partial charge in [-0.15, -0.1) is 22.7 Å². The summed E-state index contributed by atoms with van der Waals surface area (Å²) in [5.41, 5.74) is 3.74. The minimum absolute atomic E-state index is 1.21. The van der Waals surface area contributed by atoms with Crippen molar-refractivity contribution in [2.24, 2.45) is 0 Å². The van der Waals surface area contributed by atoms with Crippen molar-refractivity contribution < 1.29 is 0 Å². The SMILES string of the molecule is c1ccc2cc(-n3c4ccc5sc6ccccc6c5c4c4c5c(ccc43)sc3ccccc35)ccc2c1. The average Bonchev–Trinajstić information content (AvgIpc) is 3.61. The summed E-state index contributed by atoms with van der Waals surface area (Å²) in [6.07, 6.45) is 0. The molecular weight excluding hydrogens is 487 g/mol. The van der Waals surface area contributed by atoms with Crippen LogP contribution in [0, 0.1) is 0 Å². The minimum atomic E-state index is 1.21. The quantitative estimate of drug-likeness (QED) is 0.209. The minimum Gasteiger partial charge on any atom is -0.309 e. The molecule has 172 valence electrons. The fourth-order valence-corrected chi connectivity index (χ4v) is 8.44. The molecule has 0 unspecified atom stereocenters. The van der Waals surface area contributed by atoms with Gasteiger partial charge in [-0.2, -0.15) is 0 Å². The van der Waals surface area contributed by atoms with Gasteiger partial charge in [-0.1, -0.05) is 66.7 Å². The van der Waals surface area contributed by atoms with Gasteiger partial charge in [0.25, 0.3) is 0 Å². The second-order valence-electron chi connectivity index (χ2n) is 9.73. The van der Waals surface area contributed by atoms with E-state index in [1.807, 2.05) is 22.7 Å². The Hall–Kier alpha value is -4.18. The molecule has 0 bridgehead atoms. The molecule has 0 spiro atoms. The lowest BCUT2D eigenvalue weighted by atomic mass is 10.0. The first kappa shape index (κ1) is 19.9. The normalized spacial score (nSPS) is 12.3. The van der Waals surface area contributed by atoms with Gasteiger partial charge in [0.15, 0.2) is 0 Å². The molecule has 9 rings (SSSR count). The van der Waals surface area contributed by atoms with Crippen molar-refractivity contribution >= 4 is 95.6 Å². The summed E-state index contributed by atoms with van der Waals surface area (Å²) in [4.78, 5) is 0. The fraction of sp³-hybridized carbons (Fsp3) is 0. The molecule has 0 atom stereocenters. The van der Waals surface area contributed by atoms with Crippen LogP contribution in [-0.4, -0.2) is 4.57 Å². The van der Waals surface area contributed by atoms with Crippen LogP contribution in [0.3, 0.4) is 0 Å². The van der Waals surface area contributed by atoms with Crippen molar-refractivity contribution in [3.8, 4) is 5.69 Å². The second kappa shape index (κ2) is 7.19. The monoisotopic (exact) mass is 505 g/mol. The zero-order valence-corrected chi connectivity index (χ0v) is 21.4. The van der Waals surface area contributed by atoms with E-state index < -0.39 is 0 Å². The Morgan fingerprint density at radius 2 is 0.946 bits per heavy atom. The number of hydrogen-bond donors (Lipinski definition) is 0. The van der Waals surface area contributed by atoms with E-state index in [-0.39, 0.29) is 0 Å². The first-order valence-corrected chi connectivity index (χ1v) is 14.2. The number of thiophene rings is 2. The van der Waals surface area contributed by atoms with Crippen molar-refractivity contribution in [2.45, 2.75) is 0 Å². The van der Waals surface area contributed by atoms with Gasteiger partial charge >= 0.3 is 0 Å². The average molecular weight is 506 g/mol. The molecule has 0 aliphatic rings. The predicted octanol–water partition coefficient (Wildman–Crippen LogP) is 10.7. The van der Waals surface area contributed by atoms with Crippen LogP contribution in [-0.2, 0) is 0 Å². The van der Waals surface area contributed by atoms with Gasteiger partial charge < -0.3 is 4.57 Å². The maximum absolute atomic E-state index is 2.48. The Bertz CT molecular complexity index is 2240. The molecule has 0 amide bonds. The zero-order chi connectivity index (χ0) is 24.1. The Morgan fingerprint density at radius 3 is 1.57 bits per heavy atom. The van der Waals surface area contributed by atoms with Crippen LogP contribution in [0.15, 0.2) is 115 Å². The maximum Gasteiger partial charge on any atom is 0.0548 e. The van der Waals surface area contributed by atoms with Crippen LogP contribution in [0.5, 0.6) is 0 Å². The van der Waals surface area contributed by atoms with E-state index in [1.165, 1.54) is 78.6 Å². The lowest BCUT2D eigenvalue weighted by Gasteiger charge is -2.09. The first-order chi connectivity index (χ1) is 18.3. The molecule has 0 radical (unpaired) electrons. The molecule has 9 aromatic rings. The summed E-state index contributed by atoms with van der Waals surface area (Å²) in [7, 11) is 0. The molecule has 37 heavy (non-hydrogen) atoms. The van der Waals surface area contributed by atoms with Crippen molar-refractivity contribution in [3.63, 3.8) is 0 Å². The Kier molecular flexibility index (Phi) is 3.88. The molecular formula is C34H19NS2. The molecule has 0 N–H and O–H groups in total. The third-order valence-corrected chi connectivity index (χ3v) is 10.0. The van der Waals surface area contributed by atoms with Crippen LogP contribution in [0.25, 0.3) is 78.6 Å². The summed E-state index contributed by atoms with van der Waals surface area (Å²) in [6.45, 7) is 0. The van der Waals surface area contributed by atoms with E-state index in [0.29, 0.717) is 0 Å². The summed E-state index contributed by atoms with van der Waals surface area (Å²) in [5, 5.41) is 10.7. The molecule has 3 heteroatoms. The van der Waals surface area contributed by atoms with Crippen molar-refractivity contribution in [1.29, 1.82) is 0 Å². The Labute approximate surface area is 220 Å². The maximum atomic E-state index is 2.48.